The van der Waals surface area contributed by atoms with Crippen LogP contribution in [0.4, 0.5) is 10.5 Å². The van der Waals surface area contributed by atoms with Crippen LogP contribution in [0.25, 0.3) is 6.08 Å². The van der Waals surface area contributed by atoms with Crippen molar-refractivity contribution in [1.82, 2.24) is 4.90 Å². The van der Waals surface area contributed by atoms with Crippen LogP contribution in [0.1, 0.15) is 18.1 Å². The molecule has 0 aliphatic carbocycles. The van der Waals surface area contributed by atoms with E-state index < -0.39 is 29.6 Å². The van der Waals surface area contributed by atoms with Crippen LogP contribution < -0.4 is 10.1 Å². The van der Waals surface area contributed by atoms with Gasteiger partial charge in [0.25, 0.3) is 11.1 Å². The Labute approximate surface area is 213 Å². The maximum Gasteiger partial charge on any atom is 0.344 e. The molecule has 8 nitrogen and oxygen atoms in total. The maximum atomic E-state index is 12.9. The summed E-state index contributed by atoms with van der Waals surface area (Å²) < 4.78 is 11.1. The molecule has 2 aromatic carbocycles. The summed E-state index contributed by atoms with van der Waals surface area (Å²) >= 11 is 10.0. The highest BCUT2D eigenvalue weighted by atomic mass is 79.9. The van der Waals surface area contributed by atoms with Crippen LogP contribution in [0.15, 0.2) is 45.8 Å². The Morgan fingerprint density at radius 3 is 2.71 bits per heavy atom. The van der Waals surface area contributed by atoms with Gasteiger partial charge in [0.2, 0.25) is 5.91 Å². The first-order valence-corrected chi connectivity index (χ1v) is 12.1. The number of hydrogen-bond donors (Lipinski definition) is 1. The van der Waals surface area contributed by atoms with Crippen molar-refractivity contribution >= 4 is 74.1 Å². The Balaban J connectivity index is 1.74. The van der Waals surface area contributed by atoms with E-state index in [1.807, 2.05) is 0 Å². The lowest BCUT2D eigenvalue weighted by molar-refractivity contribution is -0.145. The summed E-state index contributed by atoms with van der Waals surface area (Å²) in [6.07, 6.45) is 1.48. The molecule has 0 saturated carbocycles. The highest BCUT2D eigenvalue weighted by Gasteiger charge is 2.36. The average molecular weight is 568 g/mol. The number of carbonyl (C=O) groups excluding carboxylic acids is 4. The molecule has 1 heterocycles. The van der Waals surface area contributed by atoms with E-state index in [0.717, 1.165) is 10.5 Å². The Hall–Kier alpha value is -2.82. The summed E-state index contributed by atoms with van der Waals surface area (Å²) in [6, 6.07) is 10.1. The van der Waals surface area contributed by atoms with Gasteiger partial charge in [-0.3, -0.25) is 19.3 Å². The Bertz CT molecular complexity index is 1190. The van der Waals surface area contributed by atoms with Gasteiger partial charge in [0, 0.05) is 20.7 Å². The molecule has 0 bridgehead atoms. The lowest BCUT2D eigenvalue weighted by Gasteiger charge is -2.14. The van der Waals surface area contributed by atoms with Gasteiger partial charge in [0.15, 0.2) is 6.61 Å². The van der Waals surface area contributed by atoms with Crippen molar-refractivity contribution in [2.24, 2.45) is 0 Å². The molecule has 1 aliphatic rings. The van der Waals surface area contributed by atoms with Crippen LogP contribution >= 0.6 is 39.3 Å². The second-order valence-corrected chi connectivity index (χ2v) is 9.40. The van der Waals surface area contributed by atoms with E-state index in [1.165, 1.54) is 6.08 Å². The molecular weight excluding hydrogens is 548 g/mol. The normalized spacial score (nSPS) is 14.5. The van der Waals surface area contributed by atoms with Crippen LogP contribution in [-0.4, -0.2) is 47.7 Å². The number of anilines is 1. The van der Waals surface area contributed by atoms with E-state index in [-0.39, 0.29) is 18.1 Å². The molecule has 0 atom stereocenters. The minimum Gasteiger partial charge on any atom is -0.481 e. The van der Waals surface area contributed by atoms with Crippen molar-refractivity contribution in [2.45, 2.75) is 13.8 Å². The van der Waals surface area contributed by atoms with Crippen molar-refractivity contribution in [3.05, 3.63) is 61.9 Å². The molecule has 1 saturated heterocycles. The van der Waals surface area contributed by atoms with Crippen molar-refractivity contribution in [1.29, 1.82) is 0 Å². The summed E-state index contributed by atoms with van der Waals surface area (Å²) in [5.41, 5.74) is 1.76. The van der Waals surface area contributed by atoms with Gasteiger partial charge in [0.05, 0.1) is 11.5 Å². The molecular formula is C23H20BrClN2O6S. The number of nitrogens with one attached hydrogen (secondary N) is 1. The maximum absolute atomic E-state index is 12.9. The molecule has 1 N–H and O–H groups in total. The van der Waals surface area contributed by atoms with Gasteiger partial charge in [0.1, 0.15) is 12.3 Å². The van der Waals surface area contributed by atoms with E-state index in [0.29, 0.717) is 38.3 Å². The Morgan fingerprint density at radius 1 is 1.21 bits per heavy atom. The lowest BCUT2D eigenvalue weighted by atomic mass is 10.2. The van der Waals surface area contributed by atoms with Gasteiger partial charge in [-0.05, 0) is 67.6 Å². The van der Waals surface area contributed by atoms with Crippen molar-refractivity contribution in [2.75, 3.05) is 25.1 Å². The number of benzene rings is 2. The number of rotatable bonds is 8. The first kappa shape index (κ1) is 25.8. The molecule has 0 aromatic heterocycles. The highest BCUT2D eigenvalue weighted by Crippen LogP contribution is 2.35. The number of nitrogens with zero attached hydrogens (tertiary/aromatic N) is 1. The van der Waals surface area contributed by atoms with E-state index in [4.69, 9.17) is 21.1 Å². The third kappa shape index (κ3) is 6.62. The third-order valence-corrected chi connectivity index (χ3v) is 6.19. The monoisotopic (exact) mass is 566 g/mol. The lowest BCUT2D eigenvalue weighted by Crippen LogP contribution is -2.36. The van der Waals surface area contributed by atoms with Crippen molar-refractivity contribution in [3.8, 4) is 5.75 Å². The van der Waals surface area contributed by atoms with Crippen LogP contribution in [0, 0.1) is 6.92 Å². The number of amides is 3. The molecule has 2 aromatic rings. The summed E-state index contributed by atoms with van der Waals surface area (Å²) in [5.74, 6) is -1.34. The predicted molar refractivity (Wildman–Crippen MR) is 134 cm³/mol. The summed E-state index contributed by atoms with van der Waals surface area (Å²) in [4.78, 5) is 50.4. The van der Waals surface area contributed by atoms with E-state index >= 15 is 0 Å². The third-order valence-electron chi connectivity index (χ3n) is 4.56. The smallest absolute Gasteiger partial charge is 0.344 e. The predicted octanol–water partition coefficient (Wildman–Crippen LogP) is 5.03. The molecule has 0 radical (unpaired) electrons. The Morgan fingerprint density at radius 2 is 1.97 bits per heavy atom. The number of carbonyl (C=O) groups is 4. The zero-order valence-corrected chi connectivity index (χ0v) is 21.4. The van der Waals surface area contributed by atoms with Gasteiger partial charge in [-0.25, -0.2) is 4.79 Å². The summed E-state index contributed by atoms with van der Waals surface area (Å²) in [6.45, 7) is 2.97. The number of imide groups is 1. The zero-order chi connectivity index (χ0) is 24.8. The van der Waals surface area contributed by atoms with Gasteiger partial charge in [-0.15, -0.1) is 0 Å². The van der Waals surface area contributed by atoms with Crippen LogP contribution in [-0.2, 0) is 19.1 Å². The van der Waals surface area contributed by atoms with Crippen LogP contribution in [0.5, 0.6) is 5.75 Å². The standard InChI is InChI=1S/C23H20BrClN2O6S/c1-3-32-21(29)12-33-18-7-5-15(24)8-14(18)9-19-22(30)27(23(31)34-19)11-20(28)26-17-10-16(25)6-4-13(17)2/h4-10H,3,11-12H2,1-2H3,(H,26,28)/b19-9+. The highest BCUT2D eigenvalue weighted by molar-refractivity contribution is 9.10. The zero-order valence-electron chi connectivity index (χ0n) is 18.2. The van der Waals surface area contributed by atoms with Gasteiger partial charge in [-0.2, -0.15) is 0 Å². The molecule has 3 amide bonds. The fourth-order valence-corrected chi connectivity index (χ4v) is 4.32. The first-order valence-electron chi connectivity index (χ1n) is 10.1. The fourth-order valence-electron chi connectivity index (χ4n) is 2.94. The number of aryl methyl sites for hydroxylation is 1. The Kier molecular flexibility index (Phi) is 8.76. The van der Waals surface area contributed by atoms with Gasteiger partial charge < -0.3 is 14.8 Å². The largest absolute Gasteiger partial charge is 0.481 e. The van der Waals surface area contributed by atoms with Gasteiger partial charge >= 0.3 is 5.97 Å². The molecule has 34 heavy (non-hydrogen) atoms. The fraction of sp³-hybridized carbons (Fsp3) is 0.217. The number of esters is 1. The average Bonchev–Trinajstić information content (AvgIpc) is 3.03. The molecule has 1 fully saturated rings. The summed E-state index contributed by atoms with van der Waals surface area (Å²) in [5, 5.41) is 2.55. The quantitative estimate of drug-likeness (QED) is 0.353. The molecule has 0 unspecified atom stereocenters. The van der Waals surface area contributed by atoms with E-state index in [2.05, 4.69) is 21.2 Å². The minimum atomic E-state index is -0.607. The van der Waals surface area contributed by atoms with Crippen LogP contribution in [0.2, 0.25) is 5.02 Å². The molecule has 11 heteroatoms. The second-order valence-electron chi connectivity index (χ2n) is 7.05. The van der Waals surface area contributed by atoms with E-state index in [9.17, 15) is 19.2 Å². The number of ether oxygens (including phenoxy) is 2. The first-order chi connectivity index (χ1) is 16.2. The SMILES string of the molecule is CCOC(=O)COc1ccc(Br)cc1/C=C1/SC(=O)N(CC(=O)Nc2cc(Cl)ccc2C)C1=O. The number of thioether (sulfide) groups is 1. The van der Waals surface area contributed by atoms with Crippen LogP contribution in [0.3, 0.4) is 0 Å². The molecule has 178 valence electrons. The minimum absolute atomic E-state index is 0.121. The summed E-state index contributed by atoms with van der Waals surface area (Å²) in [7, 11) is 0. The molecule has 3 rings (SSSR count). The van der Waals surface area contributed by atoms with Crippen molar-refractivity contribution in [3.63, 3.8) is 0 Å². The molecule has 1 aliphatic heterocycles. The second kappa shape index (κ2) is 11.5. The number of hydrogen-bond acceptors (Lipinski definition) is 7. The van der Waals surface area contributed by atoms with E-state index in [1.54, 1.807) is 50.2 Å². The van der Waals surface area contributed by atoms with Gasteiger partial charge in [-0.1, -0.05) is 33.6 Å². The van der Waals surface area contributed by atoms with Crippen molar-refractivity contribution < 1.29 is 28.7 Å². The molecule has 0 spiro atoms. The topological polar surface area (TPSA) is 102 Å². The number of halogens is 2.